The number of aryl methyl sites for hydroxylation is 1. The predicted octanol–water partition coefficient (Wildman–Crippen LogP) is -0.00208. The molecule has 108 valence electrons. The van der Waals surface area contributed by atoms with Gasteiger partial charge in [0.15, 0.2) is 6.54 Å². The molecule has 0 radical (unpaired) electrons. The first-order valence-corrected chi connectivity index (χ1v) is 7.00. The van der Waals surface area contributed by atoms with Crippen molar-refractivity contribution in [2.45, 2.75) is 32.4 Å². The average molecular weight is 276 g/mol. The molecule has 1 aromatic rings. The van der Waals surface area contributed by atoms with Crippen LogP contribution in [0, 0.1) is 6.92 Å². The van der Waals surface area contributed by atoms with Crippen molar-refractivity contribution in [1.82, 2.24) is 10.6 Å². The summed E-state index contributed by atoms with van der Waals surface area (Å²) >= 11 is 0. The van der Waals surface area contributed by atoms with Crippen LogP contribution in [0.1, 0.15) is 24.0 Å². The van der Waals surface area contributed by atoms with Crippen molar-refractivity contribution < 1.29 is 14.5 Å². The van der Waals surface area contributed by atoms with Crippen LogP contribution in [0.4, 0.5) is 4.79 Å². The van der Waals surface area contributed by atoms with Gasteiger partial charge in [0.1, 0.15) is 6.54 Å². The molecule has 0 aliphatic heterocycles. The fourth-order valence-corrected chi connectivity index (χ4v) is 2.09. The first-order valence-electron chi connectivity index (χ1n) is 7.00. The van der Waals surface area contributed by atoms with Crippen molar-refractivity contribution in [2.24, 2.45) is 0 Å². The summed E-state index contributed by atoms with van der Waals surface area (Å²) in [5, 5.41) is 5.11. The Hall–Kier alpha value is -1.88. The van der Waals surface area contributed by atoms with E-state index in [1.54, 1.807) is 0 Å². The summed E-state index contributed by atoms with van der Waals surface area (Å²) in [6.45, 7) is 3.11. The molecule has 3 amide bonds. The minimum atomic E-state index is -0.374. The zero-order valence-electron chi connectivity index (χ0n) is 12.0. The zero-order chi connectivity index (χ0) is 14.5. The molecule has 0 spiro atoms. The largest absolute Gasteiger partial charge is 0.335 e. The average Bonchev–Trinajstić information content (AvgIpc) is 3.15. The summed E-state index contributed by atoms with van der Waals surface area (Å²) in [5.41, 5.74) is 2.44. The Balaban J connectivity index is 1.75. The lowest BCUT2D eigenvalue weighted by atomic mass is 10.1. The van der Waals surface area contributed by atoms with Gasteiger partial charge in [-0.25, -0.2) is 4.79 Å². The maximum Gasteiger partial charge on any atom is 0.321 e. The van der Waals surface area contributed by atoms with Gasteiger partial charge < -0.3 is 10.2 Å². The molecule has 1 saturated carbocycles. The zero-order valence-corrected chi connectivity index (χ0v) is 12.0. The molecule has 5 heteroatoms. The van der Waals surface area contributed by atoms with Crippen molar-refractivity contribution in [3.8, 4) is 0 Å². The summed E-state index contributed by atoms with van der Waals surface area (Å²) in [5.74, 6) is -0.241. The molecule has 0 heterocycles. The van der Waals surface area contributed by atoms with E-state index < -0.39 is 0 Å². The van der Waals surface area contributed by atoms with Gasteiger partial charge in [-0.15, -0.1) is 0 Å². The number of likely N-dealkylation sites (N-methyl/N-ethyl adjacent to an activating group) is 1. The Morgan fingerprint density at radius 2 is 2.00 bits per heavy atom. The Bertz CT molecular complexity index is 498. The molecule has 1 atom stereocenters. The normalized spacial score (nSPS) is 15.5. The maximum absolute atomic E-state index is 11.7. The fourth-order valence-electron chi connectivity index (χ4n) is 2.09. The monoisotopic (exact) mass is 276 g/mol. The third-order valence-electron chi connectivity index (χ3n) is 3.38. The Morgan fingerprint density at radius 3 is 2.65 bits per heavy atom. The number of hydrogen-bond acceptors (Lipinski definition) is 2. The molecule has 1 fully saturated rings. The highest BCUT2D eigenvalue weighted by molar-refractivity contribution is 5.94. The van der Waals surface area contributed by atoms with Crippen LogP contribution < -0.4 is 15.5 Å². The van der Waals surface area contributed by atoms with E-state index in [0.717, 1.165) is 24.3 Å². The third-order valence-corrected chi connectivity index (χ3v) is 3.38. The molecule has 0 saturated heterocycles. The summed E-state index contributed by atoms with van der Waals surface area (Å²) in [7, 11) is 1.95. The molecule has 2 rings (SSSR count). The second-order valence-corrected chi connectivity index (χ2v) is 5.53. The fraction of sp³-hybridized carbons (Fsp3) is 0.467. The molecular weight excluding hydrogens is 254 g/mol. The number of rotatable bonds is 5. The third kappa shape index (κ3) is 4.66. The van der Waals surface area contributed by atoms with E-state index >= 15 is 0 Å². The van der Waals surface area contributed by atoms with Gasteiger partial charge in [-0.3, -0.25) is 10.1 Å². The highest BCUT2D eigenvalue weighted by atomic mass is 16.2. The highest BCUT2D eigenvalue weighted by Gasteiger charge is 2.24. The lowest BCUT2D eigenvalue weighted by Gasteiger charge is -2.15. The molecular formula is C15H22N3O2+. The first-order chi connectivity index (χ1) is 9.54. The first kappa shape index (κ1) is 14.5. The van der Waals surface area contributed by atoms with Crippen molar-refractivity contribution in [2.75, 3.05) is 13.6 Å². The number of amides is 3. The smallest absolute Gasteiger partial charge is 0.321 e. The number of hydrogen-bond donors (Lipinski definition) is 3. The lowest BCUT2D eigenvalue weighted by Crippen LogP contribution is -3.09. The van der Waals surface area contributed by atoms with Gasteiger partial charge in [-0.2, -0.15) is 0 Å². The van der Waals surface area contributed by atoms with Crippen molar-refractivity contribution >= 4 is 11.9 Å². The van der Waals surface area contributed by atoms with Crippen LogP contribution in [0.2, 0.25) is 0 Å². The molecule has 3 N–H and O–H groups in total. The van der Waals surface area contributed by atoms with Crippen LogP contribution >= 0.6 is 0 Å². The van der Waals surface area contributed by atoms with Crippen molar-refractivity contribution in [3.63, 3.8) is 0 Å². The second-order valence-electron chi connectivity index (χ2n) is 5.53. The van der Waals surface area contributed by atoms with Gasteiger partial charge in [-0.05, 0) is 25.3 Å². The van der Waals surface area contributed by atoms with E-state index in [1.165, 1.54) is 11.1 Å². The van der Waals surface area contributed by atoms with Crippen LogP contribution in [-0.4, -0.2) is 31.6 Å². The molecule has 1 aromatic carbocycles. The van der Waals surface area contributed by atoms with E-state index in [1.807, 2.05) is 19.2 Å². The standard InChI is InChI=1S/C15H21N3O2/c1-11-5-3-4-6-12(11)9-18(2)10-14(19)17-15(20)16-13-7-8-13/h3-6,13H,7-10H2,1-2H3,(H2,16,17,19,20)/p+1. The van der Waals surface area contributed by atoms with Crippen LogP contribution in [0.5, 0.6) is 0 Å². The SMILES string of the molecule is Cc1ccccc1C[NH+](C)CC(=O)NC(=O)NC1CC1. The van der Waals surface area contributed by atoms with E-state index in [4.69, 9.17) is 0 Å². The maximum atomic E-state index is 11.7. The van der Waals surface area contributed by atoms with Crippen LogP contribution in [0.25, 0.3) is 0 Å². The number of nitrogens with one attached hydrogen (secondary N) is 3. The van der Waals surface area contributed by atoms with E-state index in [2.05, 4.69) is 29.7 Å². The quantitative estimate of drug-likeness (QED) is 0.709. The van der Waals surface area contributed by atoms with Crippen molar-refractivity contribution in [1.29, 1.82) is 0 Å². The molecule has 1 unspecified atom stereocenters. The van der Waals surface area contributed by atoms with Gasteiger partial charge in [0, 0.05) is 11.6 Å². The van der Waals surface area contributed by atoms with Gasteiger partial charge >= 0.3 is 6.03 Å². The van der Waals surface area contributed by atoms with Crippen LogP contribution in [0.15, 0.2) is 24.3 Å². The number of carbonyl (C=O) groups excluding carboxylic acids is 2. The lowest BCUT2D eigenvalue weighted by molar-refractivity contribution is -0.885. The molecule has 5 nitrogen and oxygen atoms in total. The molecule has 20 heavy (non-hydrogen) atoms. The van der Waals surface area contributed by atoms with Crippen LogP contribution in [-0.2, 0) is 11.3 Å². The van der Waals surface area contributed by atoms with Gasteiger partial charge in [0.2, 0.25) is 0 Å². The van der Waals surface area contributed by atoms with E-state index in [-0.39, 0.29) is 24.5 Å². The Morgan fingerprint density at radius 1 is 1.30 bits per heavy atom. The van der Waals surface area contributed by atoms with E-state index in [0.29, 0.717) is 0 Å². The number of urea groups is 1. The number of benzene rings is 1. The molecule has 1 aliphatic rings. The summed E-state index contributed by atoms with van der Waals surface area (Å²) in [4.78, 5) is 24.2. The van der Waals surface area contributed by atoms with Crippen LogP contribution in [0.3, 0.4) is 0 Å². The van der Waals surface area contributed by atoms with Gasteiger partial charge in [0.25, 0.3) is 5.91 Å². The van der Waals surface area contributed by atoms with E-state index in [9.17, 15) is 9.59 Å². The number of carbonyl (C=O) groups is 2. The van der Waals surface area contributed by atoms with Gasteiger partial charge in [-0.1, -0.05) is 24.3 Å². The molecule has 0 aromatic heterocycles. The Kier molecular flexibility index (Phi) is 4.74. The highest BCUT2D eigenvalue weighted by Crippen LogP contribution is 2.18. The summed E-state index contributed by atoms with van der Waals surface area (Å²) in [6, 6.07) is 8.02. The van der Waals surface area contributed by atoms with Crippen molar-refractivity contribution in [3.05, 3.63) is 35.4 Å². The minimum Gasteiger partial charge on any atom is -0.335 e. The summed E-state index contributed by atoms with van der Waals surface area (Å²) < 4.78 is 0. The van der Waals surface area contributed by atoms with Gasteiger partial charge in [0.05, 0.1) is 7.05 Å². The molecule has 0 bridgehead atoms. The topological polar surface area (TPSA) is 62.6 Å². The number of quaternary nitrogens is 1. The second kappa shape index (κ2) is 6.52. The Labute approximate surface area is 119 Å². The summed E-state index contributed by atoms with van der Waals surface area (Å²) in [6.07, 6.45) is 2.03. The number of imide groups is 1. The minimum absolute atomic E-state index is 0.241. The predicted molar refractivity (Wildman–Crippen MR) is 76.3 cm³/mol. The molecule has 1 aliphatic carbocycles.